The van der Waals surface area contributed by atoms with Gasteiger partial charge in [0.25, 0.3) is 0 Å². The molecule has 0 amide bonds. The fourth-order valence-electron chi connectivity index (χ4n) is 2.33. The molecule has 22 heavy (non-hydrogen) atoms. The summed E-state index contributed by atoms with van der Waals surface area (Å²) in [5, 5.41) is 6.21. The van der Waals surface area contributed by atoms with Gasteiger partial charge in [-0.3, -0.25) is 5.43 Å². The molecule has 1 fully saturated rings. The maximum absolute atomic E-state index is 5.42. The van der Waals surface area contributed by atoms with Crippen LogP contribution in [0, 0.1) is 0 Å². The van der Waals surface area contributed by atoms with Gasteiger partial charge >= 0.3 is 0 Å². The zero-order chi connectivity index (χ0) is 15.2. The molecule has 0 aliphatic heterocycles. The Labute approximate surface area is 137 Å². The largest absolute Gasteiger partial charge is 0.359 e. The van der Waals surface area contributed by atoms with Crippen molar-refractivity contribution in [2.45, 2.75) is 32.0 Å². The normalized spacial score (nSPS) is 13.9. The number of rotatable bonds is 6. The van der Waals surface area contributed by atoms with E-state index in [-0.39, 0.29) is 0 Å². The summed E-state index contributed by atoms with van der Waals surface area (Å²) in [6.07, 6.45) is 2.44. The summed E-state index contributed by atoms with van der Waals surface area (Å²) in [4.78, 5) is 0. The van der Waals surface area contributed by atoms with Crippen molar-refractivity contribution in [3.8, 4) is 0 Å². The van der Waals surface area contributed by atoms with E-state index in [0.717, 1.165) is 18.2 Å². The Hall–Kier alpha value is -1.91. The highest BCUT2D eigenvalue weighted by Gasteiger charge is 2.22. The van der Waals surface area contributed by atoms with E-state index >= 15 is 0 Å². The molecular formula is C18H21N3S. The van der Waals surface area contributed by atoms with Crippen LogP contribution in [0.5, 0.6) is 0 Å². The molecule has 4 heteroatoms. The monoisotopic (exact) mass is 311 g/mol. The molecule has 0 aromatic heterocycles. The van der Waals surface area contributed by atoms with Crippen LogP contribution in [0.4, 0.5) is 0 Å². The smallest absolute Gasteiger partial charge is 0.181 e. The molecule has 0 atom stereocenters. The summed E-state index contributed by atoms with van der Waals surface area (Å²) in [5.41, 5.74) is 5.87. The number of hydrazine groups is 1. The van der Waals surface area contributed by atoms with Crippen LogP contribution in [0.2, 0.25) is 0 Å². The third-order valence-corrected chi connectivity index (χ3v) is 3.81. The lowest BCUT2D eigenvalue weighted by Crippen LogP contribution is -2.46. The molecule has 0 unspecified atom stereocenters. The van der Waals surface area contributed by atoms with Crippen molar-refractivity contribution in [3.63, 3.8) is 0 Å². The first-order chi connectivity index (χ1) is 10.8. The Bertz CT molecular complexity index is 555. The predicted octanol–water partition coefficient (Wildman–Crippen LogP) is 3.23. The molecular weight excluding hydrogens is 290 g/mol. The SMILES string of the molecule is S=C(NC1CC1)NN(Cc1ccccc1)Cc1ccccc1. The van der Waals surface area contributed by atoms with Gasteiger partial charge in [-0.15, -0.1) is 0 Å². The zero-order valence-corrected chi connectivity index (χ0v) is 13.4. The minimum absolute atomic E-state index is 0.565. The second-order valence-corrected chi connectivity index (χ2v) is 6.10. The van der Waals surface area contributed by atoms with E-state index in [1.54, 1.807) is 0 Å². The summed E-state index contributed by atoms with van der Waals surface area (Å²) < 4.78 is 0. The zero-order valence-electron chi connectivity index (χ0n) is 12.5. The van der Waals surface area contributed by atoms with Crippen LogP contribution >= 0.6 is 12.2 Å². The first-order valence-electron chi connectivity index (χ1n) is 7.69. The third kappa shape index (κ3) is 4.83. The minimum atomic E-state index is 0.565. The van der Waals surface area contributed by atoms with Crippen molar-refractivity contribution in [1.29, 1.82) is 0 Å². The van der Waals surface area contributed by atoms with E-state index in [0.29, 0.717) is 6.04 Å². The van der Waals surface area contributed by atoms with E-state index in [1.807, 2.05) is 12.1 Å². The van der Waals surface area contributed by atoms with Crippen molar-refractivity contribution in [2.75, 3.05) is 0 Å². The second kappa shape index (κ2) is 7.38. The van der Waals surface area contributed by atoms with Gasteiger partial charge in [0, 0.05) is 19.1 Å². The highest BCUT2D eigenvalue weighted by Crippen LogP contribution is 2.18. The van der Waals surface area contributed by atoms with Gasteiger partial charge in [-0.25, -0.2) is 5.01 Å². The lowest BCUT2D eigenvalue weighted by molar-refractivity contribution is 0.215. The Morgan fingerprint density at radius 2 is 1.41 bits per heavy atom. The van der Waals surface area contributed by atoms with Crippen LogP contribution in [0.25, 0.3) is 0 Å². The van der Waals surface area contributed by atoms with Crippen LogP contribution in [0.15, 0.2) is 60.7 Å². The van der Waals surface area contributed by atoms with Gasteiger partial charge in [-0.1, -0.05) is 60.7 Å². The van der Waals surface area contributed by atoms with Crippen molar-refractivity contribution >= 4 is 17.3 Å². The summed E-state index contributed by atoms with van der Waals surface area (Å²) in [5.74, 6) is 0. The van der Waals surface area contributed by atoms with E-state index in [9.17, 15) is 0 Å². The summed E-state index contributed by atoms with van der Waals surface area (Å²) in [7, 11) is 0. The first kappa shape index (κ1) is 15.0. The third-order valence-electron chi connectivity index (χ3n) is 3.60. The highest BCUT2D eigenvalue weighted by molar-refractivity contribution is 7.80. The Kier molecular flexibility index (Phi) is 5.03. The lowest BCUT2D eigenvalue weighted by Gasteiger charge is -2.25. The summed E-state index contributed by atoms with van der Waals surface area (Å²) >= 11 is 5.42. The molecule has 114 valence electrons. The number of nitrogens with one attached hydrogen (secondary N) is 2. The summed E-state index contributed by atoms with van der Waals surface area (Å²) in [6, 6.07) is 21.5. The van der Waals surface area contributed by atoms with Crippen LogP contribution in [-0.4, -0.2) is 16.2 Å². The molecule has 0 bridgehead atoms. The topological polar surface area (TPSA) is 27.3 Å². The van der Waals surface area contributed by atoms with E-state index < -0.39 is 0 Å². The minimum Gasteiger partial charge on any atom is -0.359 e. The van der Waals surface area contributed by atoms with Crippen molar-refractivity contribution < 1.29 is 0 Å². The maximum atomic E-state index is 5.42. The Morgan fingerprint density at radius 3 is 1.86 bits per heavy atom. The average molecular weight is 311 g/mol. The van der Waals surface area contributed by atoms with Crippen molar-refractivity contribution in [3.05, 3.63) is 71.8 Å². The fraction of sp³-hybridized carbons (Fsp3) is 0.278. The molecule has 1 aliphatic carbocycles. The maximum Gasteiger partial charge on any atom is 0.181 e. The Morgan fingerprint density at radius 1 is 0.909 bits per heavy atom. The number of benzene rings is 2. The van der Waals surface area contributed by atoms with Gasteiger partial charge in [-0.05, 0) is 36.2 Å². The van der Waals surface area contributed by atoms with E-state index in [2.05, 4.69) is 64.3 Å². The molecule has 3 nitrogen and oxygen atoms in total. The summed E-state index contributed by atoms with van der Waals surface area (Å²) in [6.45, 7) is 1.62. The van der Waals surface area contributed by atoms with Gasteiger partial charge < -0.3 is 5.32 Å². The lowest BCUT2D eigenvalue weighted by atomic mass is 10.2. The van der Waals surface area contributed by atoms with Gasteiger partial charge in [-0.2, -0.15) is 0 Å². The van der Waals surface area contributed by atoms with Gasteiger partial charge in [0.15, 0.2) is 5.11 Å². The molecule has 0 radical (unpaired) electrons. The van der Waals surface area contributed by atoms with Gasteiger partial charge in [0.05, 0.1) is 0 Å². The van der Waals surface area contributed by atoms with Crippen LogP contribution in [-0.2, 0) is 13.1 Å². The molecule has 0 spiro atoms. The standard InChI is InChI=1S/C18H21N3S/c22-18(19-17-11-12-17)20-21(13-15-7-3-1-4-8-15)14-16-9-5-2-6-10-16/h1-10,17H,11-14H2,(H2,19,20,22). The average Bonchev–Trinajstić information content (AvgIpc) is 3.33. The fourth-order valence-corrected chi connectivity index (χ4v) is 2.63. The molecule has 1 aliphatic rings. The van der Waals surface area contributed by atoms with Gasteiger partial charge in [0.2, 0.25) is 0 Å². The van der Waals surface area contributed by atoms with Crippen LogP contribution < -0.4 is 10.7 Å². The number of nitrogens with zero attached hydrogens (tertiary/aromatic N) is 1. The van der Waals surface area contributed by atoms with Gasteiger partial charge in [0.1, 0.15) is 0 Å². The molecule has 0 saturated heterocycles. The van der Waals surface area contributed by atoms with Crippen molar-refractivity contribution in [2.24, 2.45) is 0 Å². The highest BCUT2D eigenvalue weighted by atomic mass is 32.1. The molecule has 3 rings (SSSR count). The van der Waals surface area contributed by atoms with Crippen LogP contribution in [0.1, 0.15) is 24.0 Å². The quantitative estimate of drug-likeness (QED) is 0.633. The number of hydrogen-bond donors (Lipinski definition) is 2. The molecule has 0 heterocycles. The molecule has 2 aromatic rings. The molecule has 2 aromatic carbocycles. The second-order valence-electron chi connectivity index (χ2n) is 5.69. The van der Waals surface area contributed by atoms with Crippen molar-refractivity contribution in [1.82, 2.24) is 15.8 Å². The number of hydrogen-bond acceptors (Lipinski definition) is 2. The van der Waals surface area contributed by atoms with E-state index in [4.69, 9.17) is 12.2 Å². The molecule has 1 saturated carbocycles. The Balaban J connectivity index is 1.65. The first-order valence-corrected chi connectivity index (χ1v) is 8.10. The number of thiocarbonyl (C=S) groups is 1. The van der Waals surface area contributed by atoms with Crippen LogP contribution in [0.3, 0.4) is 0 Å². The molecule has 2 N–H and O–H groups in total. The van der Waals surface area contributed by atoms with E-state index in [1.165, 1.54) is 24.0 Å². The predicted molar refractivity (Wildman–Crippen MR) is 94.0 cm³/mol.